The summed E-state index contributed by atoms with van der Waals surface area (Å²) in [5.41, 5.74) is 0.839. The van der Waals surface area contributed by atoms with Gasteiger partial charge in [0.25, 0.3) is 0 Å². The number of hydrogen-bond donors (Lipinski definition) is 0. The minimum absolute atomic E-state index is 0.416. The minimum Gasteiger partial charge on any atom is -0.236 e. The molecule has 0 radical (unpaired) electrons. The Morgan fingerprint density at radius 3 is 2.60 bits per heavy atom. The maximum absolute atomic E-state index is 5.97. The molecular formula is C10H5BrCl2N2. The summed E-state index contributed by atoms with van der Waals surface area (Å²) in [6.07, 6.45) is 1.61. The lowest BCUT2D eigenvalue weighted by Gasteiger charge is -2.01. The largest absolute Gasteiger partial charge is 0.236 e. The van der Waals surface area contributed by atoms with Crippen LogP contribution in [-0.2, 0) is 0 Å². The van der Waals surface area contributed by atoms with Crippen molar-refractivity contribution in [3.05, 3.63) is 45.1 Å². The zero-order chi connectivity index (χ0) is 10.8. The van der Waals surface area contributed by atoms with Gasteiger partial charge in [-0.1, -0.05) is 23.2 Å². The van der Waals surface area contributed by atoms with Gasteiger partial charge in [0.1, 0.15) is 5.15 Å². The molecule has 76 valence electrons. The molecule has 1 aromatic heterocycles. The van der Waals surface area contributed by atoms with E-state index in [9.17, 15) is 0 Å². The van der Waals surface area contributed by atoms with Crippen molar-refractivity contribution >= 4 is 39.1 Å². The third-order valence-corrected chi connectivity index (χ3v) is 3.24. The first-order chi connectivity index (χ1) is 7.16. The molecule has 2 nitrogen and oxygen atoms in total. The van der Waals surface area contributed by atoms with Gasteiger partial charge in [0.15, 0.2) is 5.82 Å². The predicted octanol–water partition coefficient (Wildman–Crippen LogP) is 4.21. The topological polar surface area (TPSA) is 25.8 Å². The Labute approximate surface area is 105 Å². The van der Waals surface area contributed by atoms with Gasteiger partial charge in [0.2, 0.25) is 0 Å². The van der Waals surface area contributed by atoms with E-state index in [-0.39, 0.29) is 0 Å². The SMILES string of the molecule is Clc1ccnc(-c2ccc(Br)c(Cl)c2)n1. The molecule has 0 saturated carbocycles. The fraction of sp³-hybridized carbons (Fsp3) is 0. The molecule has 0 atom stereocenters. The summed E-state index contributed by atoms with van der Waals surface area (Å²) < 4.78 is 0.843. The number of nitrogens with zero attached hydrogens (tertiary/aromatic N) is 2. The van der Waals surface area contributed by atoms with Gasteiger partial charge < -0.3 is 0 Å². The number of aromatic nitrogens is 2. The summed E-state index contributed by atoms with van der Waals surface area (Å²) in [5.74, 6) is 0.567. The molecule has 0 amide bonds. The highest BCUT2D eigenvalue weighted by Gasteiger charge is 2.04. The average Bonchev–Trinajstić information content (AvgIpc) is 2.22. The van der Waals surface area contributed by atoms with E-state index in [1.807, 2.05) is 12.1 Å². The molecule has 0 aliphatic heterocycles. The van der Waals surface area contributed by atoms with Crippen molar-refractivity contribution in [2.75, 3.05) is 0 Å². The fourth-order valence-corrected chi connectivity index (χ4v) is 1.67. The average molecular weight is 304 g/mol. The van der Waals surface area contributed by atoms with Gasteiger partial charge in [0.05, 0.1) is 5.02 Å². The normalized spacial score (nSPS) is 10.3. The molecule has 0 N–H and O–H groups in total. The van der Waals surface area contributed by atoms with Crippen LogP contribution in [0.3, 0.4) is 0 Å². The first kappa shape index (κ1) is 10.9. The minimum atomic E-state index is 0.416. The number of hydrogen-bond acceptors (Lipinski definition) is 2. The van der Waals surface area contributed by atoms with Gasteiger partial charge in [-0.3, -0.25) is 0 Å². The molecule has 15 heavy (non-hydrogen) atoms. The van der Waals surface area contributed by atoms with E-state index in [0.717, 1.165) is 10.0 Å². The van der Waals surface area contributed by atoms with Gasteiger partial charge in [-0.2, -0.15) is 0 Å². The summed E-state index contributed by atoms with van der Waals surface area (Å²) in [5, 5.41) is 1.04. The third-order valence-electron chi connectivity index (χ3n) is 1.80. The summed E-state index contributed by atoms with van der Waals surface area (Å²) >= 11 is 15.1. The van der Waals surface area contributed by atoms with Crippen molar-refractivity contribution in [1.29, 1.82) is 0 Å². The lowest BCUT2D eigenvalue weighted by atomic mass is 10.2. The Balaban J connectivity index is 2.50. The molecule has 1 aromatic carbocycles. The van der Waals surface area contributed by atoms with Crippen LogP contribution in [0.2, 0.25) is 10.2 Å². The molecule has 0 bridgehead atoms. The molecule has 0 spiro atoms. The van der Waals surface area contributed by atoms with Gasteiger partial charge in [-0.15, -0.1) is 0 Å². The second kappa shape index (κ2) is 4.47. The molecule has 0 aliphatic carbocycles. The van der Waals surface area contributed by atoms with Gasteiger partial charge >= 0.3 is 0 Å². The van der Waals surface area contributed by atoms with Crippen molar-refractivity contribution in [3.63, 3.8) is 0 Å². The maximum atomic E-state index is 5.97. The van der Waals surface area contributed by atoms with Crippen molar-refractivity contribution in [2.45, 2.75) is 0 Å². The molecule has 0 fully saturated rings. The van der Waals surface area contributed by atoms with Crippen LogP contribution in [-0.4, -0.2) is 9.97 Å². The van der Waals surface area contributed by atoms with Crippen LogP contribution in [0.25, 0.3) is 11.4 Å². The van der Waals surface area contributed by atoms with Gasteiger partial charge in [-0.25, -0.2) is 9.97 Å². The first-order valence-corrected chi connectivity index (χ1v) is 5.65. The highest BCUT2D eigenvalue weighted by Crippen LogP contribution is 2.27. The smallest absolute Gasteiger partial charge is 0.160 e. The van der Waals surface area contributed by atoms with Crippen molar-refractivity contribution in [2.24, 2.45) is 0 Å². The highest BCUT2D eigenvalue weighted by atomic mass is 79.9. The van der Waals surface area contributed by atoms with Crippen LogP contribution in [0.4, 0.5) is 0 Å². The van der Waals surface area contributed by atoms with Crippen LogP contribution in [0, 0.1) is 0 Å². The van der Waals surface area contributed by atoms with Crippen LogP contribution in [0.15, 0.2) is 34.9 Å². The fourth-order valence-electron chi connectivity index (χ4n) is 1.11. The molecule has 2 aromatic rings. The Morgan fingerprint density at radius 1 is 1.13 bits per heavy atom. The standard InChI is InChI=1S/C10H5BrCl2N2/c11-7-2-1-6(5-8(7)12)10-14-4-3-9(13)15-10/h1-5H. The van der Waals surface area contributed by atoms with Crippen molar-refractivity contribution < 1.29 is 0 Å². The van der Waals surface area contributed by atoms with Gasteiger partial charge in [-0.05, 0) is 40.2 Å². The van der Waals surface area contributed by atoms with Crippen LogP contribution < -0.4 is 0 Å². The number of benzene rings is 1. The Morgan fingerprint density at radius 2 is 1.93 bits per heavy atom. The highest BCUT2D eigenvalue weighted by molar-refractivity contribution is 9.10. The molecule has 5 heteroatoms. The Bertz CT molecular complexity index is 503. The first-order valence-electron chi connectivity index (χ1n) is 4.11. The second-order valence-electron chi connectivity index (χ2n) is 2.83. The molecule has 1 heterocycles. The Kier molecular flexibility index (Phi) is 3.24. The van der Waals surface area contributed by atoms with Crippen LogP contribution in [0.1, 0.15) is 0 Å². The number of rotatable bonds is 1. The molecule has 0 aliphatic rings. The molecular weight excluding hydrogens is 299 g/mol. The van der Waals surface area contributed by atoms with E-state index >= 15 is 0 Å². The Hall–Kier alpha value is -0.640. The summed E-state index contributed by atoms with van der Waals surface area (Å²) in [6.45, 7) is 0. The number of halogens is 3. The monoisotopic (exact) mass is 302 g/mol. The van der Waals surface area contributed by atoms with E-state index in [1.165, 1.54) is 0 Å². The van der Waals surface area contributed by atoms with Crippen molar-refractivity contribution in [3.8, 4) is 11.4 Å². The van der Waals surface area contributed by atoms with Gasteiger partial charge in [0, 0.05) is 16.2 Å². The van der Waals surface area contributed by atoms with E-state index in [0.29, 0.717) is 16.0 Å². The van der Waals surface area contributed by atoms with E-state index < -0.39 is 0 Å². The second-order valence-corrected chi connectivity index (χ2v) is 4.48. The lowest BCUT2D eigenvalue weighted by Crippen LogP contribution is -1.88. The quantitative estimate of drug-likeness (QED) is 0.737. The predicted molar refractivity (Wildman–Crippen MR) is 65.2 cm³/mol. The lowest BCUT2D eigenvalue weighted by molar-refractivity contribution is 1.18. The summed E-state index contributed by atoms with van der Waals surface area (Å²) in [4.78, 5) is 8.21. The molecule has 0 unspecified atom stereocenters. The maximum Gasteiger partial charge on any atom is 0.160 e. The van der Waals surface area contributed by atoms with Crippen LogP contribution >= 0.6 is 39.1 Å². The van der Waals surface area contributed by atoms with E-state index in [2.05, 4.69) is 25.9 Å². The zero-order valence-electron chi connectivity index (χ0n) is 7.42. The van der Waals surface area contributed by atoms with Crippen LogP contribution in [0.5, 0.6) is 0 Å². The van der Waals surface area contributed by atoms with E-state index in [1.54, 1.807) is 18.3 Å². The van der Waals surface area contributed by atoms with Crippen molar-refractivity contribution in [1.82, 2.24) is 9.97 Å². The molecule has 0 saturated heterocycles. The zero-order valence-corrected chi connectivity index (χ0v) is 10.5. The van der Waals surface area contributed by atoms with E-state index in [4.69, 9.17) is 23.2 Å². The summed E-state index contributed by atoms with van der Waals surface area (Å²) in [7, 11) is 0. The third kappa shape index (κ3) is 2.48. The summed E-state index contributed by atoms with van der Waals surface area (Å²) in [6, 6.07) is 7.15. The molecule has 2 rings (SSSR count).